The fourth-order valence-corrected chi connectivity index (χ4v) is 1.68. The van der Waals surface area contributed by atoms with Crippen molar-refractivity contribution in [2.24, 2.45) is 0 Å². The third-order valence-corrected chi connectivity index (χ3v) is 3.14. The molecule has 0 radical (unpaired) electrons. The number of alkyl halides is 2. The standard InChI is InChI=1S/C15H22F2O2/c1-13(2,3)10-7-11(9-12(8-10)19-6)15(16,17)14(4,5)18/h7-9,18H,1-6H3. The molecule has 0 bridgehead atoms. The Morgan fingerprint density at radius 3 is 1.79 bits per heavy atom. The Bertz CT molecular complexity index is 454. The van der Waals surface area contributed by atoms with Crippen molar-refractivity contribution < 1.29 is 18.6 Å². The van der Waals surface area contributed by atoms with Crippen LogP contribution in [0, 0.1) is 0 Å². The molecule has 1 rings (SSSR count). The van der Waals surface area contributed by atoms with E-state index in [2.05, 4.69) is 0 Å². The highest BCUT2D eigenvalue weighted by atomic mass is 19.3. The molecular weight excluding hydrogens is 250 g/mol. The summed E-state index contributed by atoms with van der Waals surface area (Å²) >= 11 is 0. The van der Waals surface area contributed by atoms with Crippen LogP contribution in [-0.4, -0.2) is 17.8 Å². The van der Waals surface area contributed by atoms with Crippen LogP contribution in [0.25, 0.3) is 0 Å². The molecule has 19 heavy (non-hydrogen) atoms. The van der Waals surface area contributed by atoms with Crippen molar-refractivity contribution in [1.82, 2.24) is 0 Å². The van der Waals surface area contributed by atoms with Crippen LogP contribution in [0.2, 0.25) is 0 Å². The molecule has 4 heteroatoms. The zero-order chi connectivity index (χ0) is 15.1. The first-order valence-electron chi connectivity index (χ1n) is 6.20. The van der Waals surface area contributed by atoms with Crippen LogP contribution in [0.3, 0.4) is 0 Å². The van der Waals surface area contributed by atoms with Crippen LogP contribution >= 0.6 is 0 Å². The number of methoxy groups -OCH3 is 1. The van der Waals surface area contributed by atoms with Gasteiger partial charge in [0.1, 0.15) is 11.4 Å². The summed E-state index contributed by atoms with van der Waals surface area (Å²) < 4.78 is 33.6. The number of ether oxygens (including phenoxy) is 1. The molecule has 0 unspecified atom stereocenters. The van der Waals surface area contributed by atoms with E-state index in [0.717, 1.165) is 19.4 Å². The quantitative estimate of drug-likeness (QED) is 0.905. The lowest BCUT2D eigenvalue weighted by Crippen LogP contribution is -2.40. The van der Waals surface area contributed by atoms with Crippen LogP contribution in [0.4, 0.5) is 8.78 Å². The normalized spacial score (nSPS) is 13.5. The maximum atomic E-state index is 14.2. The summed E-state index contributed by atoms with van der Waals surface area (Å²) in [5.74, 6) is -2.98. The number of halogens is 2. The molecule has 1 N–H and O–H groups in total. The molecule has 0 aliphatic rings. The molecular formula is C15H22F2O2. The van der Waals surface area contributed by atoms with Crippen molar-refractivity contribution in [3.05, 3.63) is 29.3 Å². The first-order valence-corrected chi connectivity index (χ1v) is 6.20. The van der Waals surface area contributed by atoms with Crippen molar-refractivity contribution in [2.75, 3.05) is 7.11 Å². The monoisotopic (exact) mass is 272 g/mol. The Balaban J connectivity index is 3.45. The largest absolute Gasteiger partial charge is 0.497 e. The second kappa shape index (κ2) is 4.75. The zero-order valence-electron chi connectivity index (χ0n) is 12.3. The van der Waals surface area contributed by atoms with E-state index in [1.165, 1.54) is 19.2 Å². The number of hydrogen-bond acceptors (Lipinski definition) is 2. The van der Waals surface area contributed by atoms with Gasteiger partial charge in [-0.25, -0.2) is 0 Å². The summed E-state index contributed by atoms with van der Waals surface area (Å²) in [6, 6.07) is 4.44. The van der Waals surface area contributed by atoms with Gasteiger partial charge in [-0.15, -0.1) is 0 Å². The van der Waals surface area contributed by atoms with Gasteiger partial charge in [0, 0.05) is 5.56 Å². The van der Waals surface area contributed by atoms with E-state index >= 15 is 0 Å². The summed E-state index contributed by atoms with van der Waals surface area (Å²) in [6.45, 7) is 8.02. The fraction of sp³-hybridized carbons (Fsp3) is 0.600. The second-order valence-electron chi connectivity index (χ2n) is 6.33. The van der Waals surface area contributed by atoms with Gasteiger partial charge in [-0.3, -0.25) is 0 Å². The Kier molecular flexibility index (Phi) is 3.97. The maximum Gasteiger partial charge on any atom is 0.300 e. The minimum atomic E-state index is -3.35. The number of rotatable bonds is 3. The van der Waals surface area contributed by atoms with Crippen molar-refractivity contribution in [1.29, 1.82) is 0 Å². The number of hydrogen-bond donors (Lipinski definition) is 1. The van der Waals surface area contributed by atoms with Gasteiger partial charge in [-0.05, 0) is 43.0 Å². The summed E-state index contributed by atoms with van der Waals surface area (Å²) in [5.41, 5.74) is -1.90. The Hall–Kier alpha value is -1.16. The molecule has 0 spiro atoms. The molecule has 2 nitrogen and oxygen atoms in total. The zero-order valence-corrected chi connectivity index (χ0v) is 12.3. The number of aliphatic hydroxyl groups is 1. The molecule has 0 aromatic heterocycles. The van der Waals surface area contributed by atoms with E-state index in [-0.39, 0.29) is 11.0 Å². The fourth-order valence-electron chi connectivity index (χ4n) is 1.68. The molecule has 0 heterocycles. The lowest BCUT2D eigenvalue weighted by Gasteiger charge is -2.31. The molecule has 0 amide bonds. The molecule has 0 saturated heterocycles. The lowest BCUT2D eigenvalue weighted by atomic mass is 9.83. The van der Waals surface area contributed by atoms with Crippen molar-refractivity contribution in [3.63, 3.8) is 0 Å². The average molecular weight is 272 g/mol. The molecule has 0 aliphatic heterocycles. The smallest absolute Gasteiger partial charge is 0.300 e. The topological polar surface area (TPSA) is 29.5 Å². The summed E-state index contributed by atoms with van der Waals surface area (Å²) in [4.78, 5) is 0. The SMILES string of the molecule is COc1cc(C(C)(C)C)cc(C(F)(F)C(C)(C)O)c1. The van der Waals surface area contributed by atoms with E-state index < -0.39 is 11.5 Å². The van der Waals surface area contributed by atoms with Crippen LogP contribution in [0.1, 0.15) is 45.7 Å². The van der Waals surface area contributed by atoms with E-state index in [0.29, 0.717) is 5.75 Å². The van der Waals surface area contributed by atoms with Gasteiger partial charge >= 0.3 is 5.92 Å². The van der Waals surface area contributed by atoms with Gasteiger partial charge in [-0.1, -0.05) is 20.8 Å². The van der Waals surface area contributed by atoms with E-state index in [4.69, 9.17) is 4.74 Å². The summed E-state index contributed by atoms with van der Waals surface area (Å²) in [6.07, 6.45) is 0. The maximum absolute atomic E-state index is 14.2. The van der Waals surface area contributed by atoms with Gasteiger partial charge in [0.2, 0.25) is 0 Å². The molecule has 0 atom stereocenters. The second-order valence-corrected chi connectivity index (χ2v) is 6.33. The highest BCUT2D eigenvalue weighted by molar-refractivity contribution is 5.40. The van der Waals surface area contributed by atoms with Gasteiger partial charge in [-0.2, -0.15) is 8.78 Å². The van der Waals surface area contributed by atoms with Crippen molar-refractivity contribution >= 4 is 0 Å². The van der Waals surface area contributed by atoms with Crippen LogP contribution in [0.15, 0.2) is 18.2 Å². The van der Waals surface area contributed by atoms with E-state index in [1.54, 1.807) is 6.07 Å². The van der Waals surface area contributed by atoms with Crippen LogP contribution in [0.5, 0.6) is 5.75 Å². The van der Waals surface area contributed by atoms with Gasteiger partial charge in [0.15, 0.2) is 0 Å². The molecule has 0 aliphatic carbocycles. The van der Waals surface area contributed by atoms with Crippen molar-refractivity contribution in [3.8, 4) is 5.75 Å². The predicted molar refractivity (Wildman–Crippen MR) is 71.9 cm³/mol. The van der Waals surface area contributed by atoms with Gasteiger partial charge in [0.25, 0.3) is 0 Å². The first kappa shape index (κ1) is 15.9. The predicted octanol–water partition coefficient (Wildman–Crippen LogP) is 3.86. The molecule has 1 aromatic rings. The van der Waals surface area contributed by atoms with E-state index in [1.807, 2.05) is 20.8 Å². The third kappa shape index (κ3) is 3.24. The number of benzene rings is 1. The minimum absolute atomic E-state index is 0.232. The van der Waals surface area contributed by atoms with Crippen molar-refractivity contribution in [2.45, 2.75) is 51.6 Å². The third-order valence-electron chi connectivity index (χ3n) is 3.14. The Labute approximate surface area is 113 Å². The summed E-state index contributed by atoms with van der Waals surface area (Å²) in [5, 5.41) is 9.67. The molecule has 0 saturated carbocycles. The minimum Gasteiger partial charge on any atom is -0.497 e. The molecule has 0 fully saturated rings. The lowest BCUT2D eigenvalue weighted by molar-refractivity contribution is -0.168. The highest BCUT2D eigenvalue weighted by Gasteiger charge is 2.47. The molecule has 108 valence electrons. The average Bonchev–Trinajstić information content (AvgIpc) is 2.25. The van der Waals surface area contributed by atoms with Crippen LogP contribution in [-0.2, 0) is 11.3 Å². The van der Waals surface area contributed by atoms with Gasteiger partial charge < -0.3 is 9.84 Å². The Morgan fingerprint density at radius 2 is 1.42 bits per heavy atom. The first-order chi connectivity index (χ1) is 8.39. The van der Waals surface area contributed by atoms with Crippen LogP contribution < -0.4 is 4.74 Å². The van der Waals surface area contributed by atoms with Gasteiger partial charge in [0.05, 0.1) is 7.11 Å². The summed E-state index contributed by atoms with van der Waals surface area (Å²) in [7, 11) is 1.44. The van der Waals surface area contributed by atoms with E-state index in [9.17, 15) is 13.9 Å². The Morgan fingerprint density at radius 1 is 0.947 bits per heavy atom. The highest BCUT2D eigenvalue weighted by Crippen LogP contribution is 2.41. The molecule has 1 aromatic carbocycles.